The Kier molecular flexibility index (Phi) is 7.63. The molecule has 0 saturated carbocycles. The number of carbonyl (C=O) groups excluding carboxylic acids is 2. The van der Waals surface area contributed by atoms with Gasteiger partial charge in [-0.05, 0) is 42.5 Å². The molecule has 0 aromatic heterocycles. The minimum atomic E-state index is -0.471. The molecule has 138 valence electrons. The first kappa shape index (κ1) is 20.4. The fourth-order valence-electron chi connectivity index (χ4n) is 2.19. The first-order valence-corrected chi connectivity index (χ1v) is 9.45. The van der Waals surface area contributed by atoms with E-state index < -0.39 is 5.91 Å². The standard InChI is InChI=1S/C18H18Cl2N2O3S/c1-25-14-5-3-13(4-6-14)22(9-8-17(21)23)18(24)11-26-16-10-12(19)2-7-15(16)20/h2-7,10H,8-9,11H2,1H3,(H2,21,23). The lowest BCUT2D eigenvalue weighted by atomic mass is 10.2. The van der Waals surface area contributed by atoms with E-state index in [1.807, 2.05) is 0 Å². The lowest BCUT2D eigenvalue weighted by Crippen LogP contribution is -2.35. The smallest absolute Gasteiger partial charge is 0.237 e. The predicted molar refractivity (Wildman–Crippen MR) is 106 cm³/mol. The number of nitrogens with two attached hydrogens (primary N) is 1. The maximum atomic E-state index is 12.7. The van der Waals surface area contributed by atoms with Crippen LogP contribution in [0.2, 0.25) is 10.0 Å². The molecule has 0 heterocycles. The van der Waals surface area contributed by atoms with E-state index in [0.717, 1.165) is 4.90 Å². The number of thioether (sulfide) groups is 1. The minimum Gasteiger partial charge on any atom is -0.497 e. The van der Waals surface area contributed by atoms with Crippen LogP contribution in [0, 0.1) is 0 Å². The van der Waals surface area contributed by atoms with E-state index >= 15 is 0 Å². The van der Waals surface area contributed by atoms with Crippen molar-refractivity contribution >= 4 is 52.5 Å². The summed E-state index contributed by atoms with van der Waals surface area (Å²) in [5.74, 6) is 0.181. The average molecular weight is 413 g/mol. The van der Waals surface area contributed by atoms with E-state index in [0.29, 0.717) is 21.5 Å². The van der Waals surface area contributed by atoms with Gasteiger partial charge in [0.2, 0.25) is 11.8 Å². The van der Waals surface area contributed by atoms with Gasteiger partial charge in [-0.1, -0.05) is 23.2 Å². The lowest BCUT2D eigenvalue weighted by Gasteiger charge is -2.22. The Morgan fingerprint density at radius 3 is 2.46 bits per heavy atom. The van der Waals surface area contributed by atoms with Crippen LogP contribution in [-0.2, 0) is 9.59 Å². The summed E-state index contributed by atoms with van der Waals surface area (Å²) in [6.45, 7) is 0.199. The number of carbonyl (C=O) groups is 2. The molecule has 0 bridgehead atoms. The second-order valence-electron chi connectivity index (χ2n) is 5.32. The summed E-state index contributed by atoms with van der Waals surface area (Å²) < 4.78 is 5.13. The largest absolute Gasteiger partial charge is 0.497 e. The van der Waals surface area contributed by atoms with Crippen molar-refractivity contribution in [2.75, 3.05) is 24.3 Å². The van der Waals surface area contributed by atoms with Crippen molar-refractivity contribution in [1.82, 2.24) is 0 Å². The first-order chi connectivity index (χ1) is 12.4. The van der Waals surface area contributed by atoms with Crippen LogP contribution in [0.1, 0.15) is 6.42 Å². The topological polar surface area (TPSA) is 72.6 Å². The van der Waals surface area contributed by atoms with Gasteiger partial charge in [0.1, 0.15) is 5.75 Å². The number of benzene rings is 2. The normalized spacial score (nSPS) is 10.4. The summed E-state index contributed by atoms with van der Waals surface area (Å²) in [5.41, 5.74) is 5.89. The molecule has 2 N–H and O–H groups in total. The molecule has 0 fully saturated rings. The highest BCUT2D eigenvalue weighted by atomic mass is 35.5. The highest BCUT2D eigenvalue weighted by Gasteiger charge is 2.17. The zero-order chi connectivity index (χ0) is 19.1. The molecule has 0 radical (unpaired) electrons. The molecule has 0 spiro atoms. The molecule has 0 aliphatic carbocycles. The fraction of sp³-hybridized carbons (Fsp3) is 0.222. The van der Waals surface area contributed by atoms with Crippen molar-refractivity contribution in [1.29, 1.82) is 0 Å². The maximum absolute atomic E-state index is 12.7. The molecule has 0 aliphatic rings. The van der Waals surface area contributed by atoms with Crippen molar-refractivity contribution in [3.63, 3.8) is 0 Å². The Morgan fingerprint density at radius 2 is 1.85 bits per heavy atom. The number of hydrogen-bond acceptors (Lipinski definition) is 4. The molecule has 0 saturated heterocycles. The van der Waals surface area contributed by atoms with Crippen LogP contribution in [0.25, 0.3) is 0 Å². The van der Waals surface area contributed by atoms with Crippen molar-refractivity contribution in [3.05, 3.63) is 52.5 Å². The van der Waals surface area contributed by atoms with E-state index in [-0.39, 0.29) is 24.6 Å². The number of amides is 2. The Balaban J connectivity index is 2.13. The molecule has 0 unspecified atom stereocenters. The van der Waals surface area contributed by atoms with Gasteiger partial charge in [-0.25, -0.2) is 0 Å². The summed E-state index contributed by atoms with van der Waals surface area (Å²) in [4.78, 5) is 26.1. The van der Waals surface area contributed by atoms with Gasteiger partial charge in [0.05, 0.1) is 17.9 Å². The van der Waals surface area contributed by atoms with Gasteiger partial charge < -0.3 is 15.4 Å². The quantitative estimate of drug-likeness (QED) is 0.664. The first-order valence-electron chi connectivity index (χ1n) is 7.71. The van der Waals surface area contributed by atoms with E-state index in [9.17, 15) is 9.59 Å². The monoisotopic (exact) mass is 412 g/mol. The van der Waals surface area contributed by atoms with Gasteiger partial charge in [0, 0.05) is 28.6 Å². The van der Waals surface area contributed by atoms with Crippen molar-refractivity contribution < 1.29 is 14.3 Å². The molecule has 26 heavy (non-hydrogen) atoms. The number of ether oxygens (including phenoxy) is 1. The Labute approximate surface area is 166 Å². The van der Waals surface area contributed by atoms with Gasteiger partial charge in [-0.2, -0.15) is 0 Å². The van der Waals surface area contributed by atoms with Gasteiger partial charge in [0.15, 0.2) is 0 Å². The van der Waals surface area contributed by atoms with Crippen LogP contribution >= 0.6 is 35.0 Å². The van der Waals surface area contributed by atoms with Crippen molar-refractivity contribution in [3.8, 4) is 5.75 Å². The van der Waals surface area contributed by atoms with Gasteiger partial charge in [-0.3, -0.25) is 9.59 Å². The molecule has 2 aromatic carbocycles. The Bertz CT molecular complexity index is 785. The molecular weight excluding hydrogens is 395 g/mol. The summed E-state index contributed by atoms with van der Waals surface area (Å²) in [5, 5.41) is 1.07. The summed E-state index contributed by atoms with van der Waals surface area (Å²) in [7, 11) is 1.57. The minimum absolute atomic E-state index is 0.0698. The number of nitrogens with zero attached hydrogens (tertiary/aromatic N) is 1. The van der Waals surface area contributed by atoms with E-state index in [4.69, 9.17) is 33.7 Å². The van der Waals surface area contributed by atoms with Crippen molar-refractivity contribution in [2.24, 2.45) is 5.73 Å². The lowest BCUT2D eigenvalue weighted by molar-refractivity contribution is -0.118. The molecule has 0 atom stereocenters. The number of anilines is 1. The Morgan fingerprint density at radius 1 is 1.15 bits per heavy atom. The number of rotatable bonds is 8. The second-order valence-corrected chi connectivity index (χ2v) is 7.18. The third-order valence-electron chi connectivity index (χ3n) is 3.51. The van der Waals surface area contributed by atoms with E-state index in [2.05, 4.69) is 0 Å². The van der Waals surface area contributed by atoms with Crippen LogP contribution < -0.4 is 15.4 Å². The highest BCUT2D eigenvalue weighted by molar-refractivity contribution is 8.00. The zero-order valence-corrected chi connectivity index (χ0v) is 16.4. The van der Waals surface area contributed by atoms with E-state index in [1.54, 1.807) is 49.6 Å². The van der Waals surface area contributed by atoms with Gasteiger partial charge in [-0.15, -0.1) is 11.8 Å². The third-order valence-corrected chi connectivity index (χ3v) is 5.23. The fourth-order valence-corrected chi connectivity index (χ4v) is 3.56. The summed E-state index contributed by atoms with van der Waals surface area (Å²) >= 11 is 13.4. The predicted octanol–water partition coefficient (Wildman–Crippen LogP) is 4.00. The molecule has 2 rings (SSSR count). The maximum Gasteiger partial charge on any atom is 0.237 e. The number of halogens is 2. The van der Waals surface area contributed by atoms with Crippen LogP contribution in [0.4, 0.5) is 5.69 Å². The molecule has 2 amide bonds. The van der Waals surface area contributed by atoms with Crippen LogP contribution in [0.3, 0.4) is 0 Å². The molecular formula is C18H18Cl2N2O3S. The SMILES string of the molecule is COc1ccc(N(CCC(N)=O)C(=O)CSc2cc(Cl)ccc2Cl)cc1. The molecule has 5 nitrogen and oxygen atoms in total. The van der Waals surface area contributed by atoms with Gasteiger partial charge >= 0.3 is 0 Å². The van der Waals surface area contributed by atoms with Crippen LogP contribution in [0.15, 0.2) is 47.4 Å². The number of hydrogen-bond donors (Lipinski definition) is 1. The van der Waals surface area contributed by atoms with Crippen LogP contribution in [0.5, 0.6) is 5.75 Å². The third kappa shape index (κ3) is 5.83. The molecule has 2 aromatic rings. The Hall–Kier alpha value is -1.89. The molecule has 8 heteroatoms. The molecule has 0 aliphatic heterocycles. The second kappa shape index (κ2) is 9.71. The zero-order valence-electron chi connectivity index (χ0n) is 14.1. The highest BCUT2D eigenvalue weighted by Crippen LogP contribution is 2.30. The summed E-state index contributed by atoms with van der Waals surface area (Å²) in [6, 6.07) is 12.1. The van der Waals surface area contributed by atoms with Crippen molar-refractivity contribution in [2.45, 2.75) is 11.3 Å². The summed E-state index contributed by atoms with van der Waals surface area (Å²) in [6.07, 6.45) is 0.0698. The number of primary amides is 1. The van der Waals surface area contributed by atoms with E-state index in [1.165, 1.54) is 16.7 Å². The van der Waals surface area contributed by atoms with Crippen LogP contribution in [-0.4, -0.2) is 31.2 Å². The average Bonchev–Trinajstić information content (AvgIpc) is 2.63. The number of methoxy groups -OCH3 is 1. The van der Waals surface area contributed by atoms with Gasteiger partial charge in [0.25, 0.3) is 0 Å².